The van der Waals surface area contributed by atoms with Crippen LogP contribution in [0.5, 0.6) is 11.5 Å². The van der Waals surface area contributed by atoms with E-state index >= 15 is 0 Å². The molecule has 1 aromatic rings. The SMILES string of the molecule is COc1cc(C(=O)N2CCN(C3CCCC3)CC2)c([N+](=O)[O-])cc1OC. The van der Waals surface area contributed by atoms with Gasteiger partial charge in [-0.15, -0.1) is 0 Å². The van der Waals surface area contributed by atoms with Gasteiger partial charge in [-0.1, -0.05) is 12.8 Å². The van der Waals surface area contributed by atoms with Gasteiger partial charge in [0.05, 0.1) is 25.2 Å². The van der Waals surface area contributed by atoms with Gasteiger partial charge in [-0.3, -0.25) is 19.8 Å². The van der Waals surface area contributed by atoms with E-state index in [-0.39, 0.29) is 22.9 Å². The van der Waals surface area contributed by atoms with Crippen LogP contribution in [0.3, 0.4) is 0 Å². The van der Waals surface area contributed by atoms with Gasteiger partial charge in [0.25, 0.3) is 11.6 Å². The molecule has 1 aliphatic carbocycles. The lowest BCUT2D eigenvalue weighted by atomic mass is 10.1. The minimum atomic E-state index is -0.552. The van der Waals surface area contributed by atoms with Crippen molar-refractivity contribution in [2.24, 2.45) is 0 Å². The van der Waals surface area contributed by atoms with Crippen LogP contribution in [0.25, 0.3) is 0 Å². The van der Waals surface area contributed by atoms with Crippen LogP contribution in [0.15, 0.2) is 12.1 Å². The van der Waals surface area contributed by atoms with E-state index in [1.165, 1.54) is 52.0 Å². The lowest BCUT2D eigenvalue weighted by Crippen LogP contribution is -2.51. The number of nitro groups is 1. The summed E-state index contributed by atoms with van der Waals surface area (Å²) in [5, 5.41) is 11.4. The molecule has 1 saturated carbocycles. The summed E-state index contributed by atoms with van der Waals surface area (Å²) in [7, 11) is 2.85. The van der Waals surface area contributed by atoms with Gasteiger partial charge in [-0.05, 0) is 12.8 Å². The van der Waals surface area contributed by atoms with E-state index in [1.807, 2.05) is 0 Å². The number of nitro benzene ring substituents is 1. The van der Waals surface area contributed by atoms with Crippen molar-refractivity contribution in [1.82, 2.24) is 9.80 Å². The highest BCUT2D eigenvalue weighted by Gasteiger charge is 2.32. The summed E-state index contributed by atoms with van der Waals surface area (Å²) in [6.07, 6.45) is 5.02. The summed E-state index contributed by atoms with van der Waals surface area (Å²) in [4.78, 5) is 27.9. The molecule has 0 N–H and O–H groups in total. The first kappa shape index (κ1) is 18.4. The third-order valence-corrected chi connectivity index (χ3v) is 5.37. The van der Waals surface area contributed by atoms with Crippen LogP contribution >= 0.6 is 0 Å². The van der Waals surface area contributed by atoms with E-state index in [0.29, 0.717) is 24.9 Å². The lowest BCUT2D eigenvalue weighted by Gasteiger charge is -2.38. The summed E-state index contributed by atoms with van der Waals surface area (Å²) in [6, 6.07) is 3.28. The van der Waals surface area contributed by atoms with Crippen LogP contribution in [-0.2, 0) is 0 Å². The predicted octanol–water partition coefficient (Wildman–Crippen LogP) is 2.31. The first-order valence-electron chi connectivity index (χ1n) is 8.99. The Kier molecular flexibility index (Phi) is 5.61. The first-order chi connectivity index (χ1) is 12.5. The Labute approximate surface area is 152 Å². The van der Waals surface area contributed by atoms with Crippen molar-refractivity contribution in [3.05, 3.63) is 27.8 Å². The second-order valence-corrected chi connectivity index (χ2v) is 6.75. The molecule has 142 valence electrons. The molecule has 0 atom stereocenters. The van der Waals surface area contributed by atoms with Crippen molar-refractivity contribution in [1.29, 1.82) is 0 Å². The number of rotatable bonds is 5. The molecular formula is C18H25N3O5. The van der Waals surface area contributed by atoms with Crippen molar-refractivity contribution < 1.29 is 19.2 Å². The maximum atomic E-state index is 12.9. The summed E-state index contributed by atoms with van der Waals surface area (Å²) < 4.78 is 10.3. The zero-order valence-electron chi connectivity index (χ0n) is 15.3. The largest absolute Gasteiger partial charge is 0.493 e. The number of piperazine rings is 1. The molecule has 1 saturated heterocycles. The van der Waals surface area contributed by atoms with Gasteiger partial charge in [0, 0.05) is 38.3 Å². The molecule has 0 bridgehead atoms. The molecule has 1 aromatic carbocycles. The topological polar surface area (TPSA) is 85.2 Å². The maximum Gasteiger partial charge on any atom is 0.286 e. The molecule has 8 heteroatoms. The van der Waals surface area contributed by atoms with Crippen LogP contribution in [0, 0.1) is 10.1 Å². The van der Waals surface area contributed by atoms with E-state index in [0.717, 1.165) is 13.1 Å². The monoisotopic (exact) mass is 363 g/mol. The fourth-order valence-electron chi connectivity index (χ4n) is 3.92. The second kappa shape index (κ2) is 7.90. The van der Waals surface area contributed by atoms with Gasteiger partial charge in [0.2, 0.25) is 0 Å². The van der Waals surface area contributed by atoms with Crippen molar-refractivity contribution in [3.63, 3.8) is 0 Å². The molecule has 2 fully saturated rings. The van der Waals surface area contributed by atoms with E-state index in [1.54, 1.807) is 4.90 Å². The van der Waals surface area contributed by atoms with Gasteiger partial charge in [0.15, 0.2) is 11.5 Å². The number of benzene rings is 1. The molecule has 8 nitrogen and oxygen atoms in total. The number of ether oxygens (including phenoxy) is 2. The highest BCUT2D eigenvalue weighted by molar-refractivity contribution is 5.99. The molecule has 0 aromatic heterocycles. The number of carbonyl (C=O) groups is 1. The normalized spacial score (nSPS) is 18.8. The fourth-order valence-corrected chi connectivity index (χ4v) is 3.92. The van der Waals surface area contributed by atoms with Crippen LogP contribution < -0.4 is 9.47 Å². The van der Waals surface area contributed by atoms with Gasteiger partial charge in [-0.25, -0.2) is 0 Å². The summed E-state index contributed by atoms with van der Waals surface area (Å²) in [5.41, 5.74) is -0.215. The Hall–Kier alpha value is -2.35. The van der Waals surface area contributed by atoms with Crippen LogP contribution in [0.4, 0.5) is 5.69 Å². The Morgan fingerprint density at radius 2 is 1.65 bits per heavy atom. The lowest BCUT2D eigenvalue weighted by molar-refractivity contribution is -0.385. The Balaban J connectivity index is 1.78. The number of carbonyl (C=O) groups excluding carboxylic acids is 1. The highest BCUT2D eigenvalue weighted by atomic mass is 16.6. The molecule has 1 aliphatic heterocycles. The Morgan fingerprint density at radius 3 is 2.19 bits per heavy atom. The summed E-state index contributed by atoms with van der Waals surface area (Å²) >= 11 is 0. The summed E-state index contributed by atoms with van der Waals surface area (Å²) in [6.45, 7) is 2.80. The molecule has 1 amide bonds. The van der Waals surface area contributed by atoms with E-state index in [2.05, 4.69) is 4.90 Å². The summed E-state index contributed by atoms with van der Waals surface area (Å²) in [5.74, 6) is 0.219. The van der Waals surface area contributed by atoms with Crippen LogP contribution in [0.2, 0.25) is 0 Å². The highest BCUT2D eigenvalue weighted by Crippen LogP contribution is 2.35. The number of hydrogen-bond acceptors (Lipinski definition) is 6. The zero-order valence-corrected chi connectivity index (χ0v) is 15.3. The van der Waals surface area contributed by atoms with E-state index in [9.17, 15) is 14.9 Å². The van der Waals surface area contributed by atoms with Crippen LogP contribution in [0.1, 0.15) is 36.0 Å². The first-order valence-corrected chi connectivity index (χ1v) is 8.99. The van der Waals surface area contributed by atoms with Gasteiger partial charge in [-0.2, -0.15) is 0 Å². The third-order valence-electron chi connectivity index (χ3n) is 5.37. The van der Waals surface area contributed by atoms with E-state index < -0.39 is 4.92 Å². The Morgan fingerprint density at radius 1 is 1.08 bits per heavy atom. The maximum absolute atomic E-state index is 12.9. The number of amides is 1. The number of nitrogens with zero attached hydrogens (tertiary/aromatic N) is 3. The fraction of sp³-hybridized carbons (Fsp3) is 0.611. The molecule has 26 heavy (non-hydrogen) atoms. The number of hydrogen-bond donors (Lipinski definition) is 0. The van der Waals surface area contributed by atoms with Crippen molar-refractivity contribution in [2.75, 3.05) is 40.4 Å². The van der Waals surface area contributed by atoms with Gasteiger partial charge >= 0.3 is 0 Å². The minimum absolute atomic E-state index is 0.0435. The van der Waals surface area contributed by atoms with Crippen molar-refractivity contribution >= 4 is 11.6 Å². The molecule has 1 heterocycles. The molecule has 3 rings (SSSR count). The Bertz CT molecular complexity index is 680. The average Bonchev–Trinajstić information content (AvgIpc) is 3.21. The third kappa shape index (κ3) is 3.60. The molecule has 0 radical (unpaired) electrons. The predicted molar refractivity (Wildman–Crippen MR) is 95.9 cm³/mol. The average molecular weight is 363 g/mol. The van der Waals surface area contributed by atoms with Gasteiger partial charge in [0.1, 0.15) is 5.56 Å². The number of methoxy groups -OCH3 is 2. The second-order valence-electron chi connectivity index (χ2n) is 6.75. The molecule has 0 unspecified atom stereocenters. The molecule has 2 aliphatic rings. The quantitative estimate of drug-likeness (QED) is 0.589. The molecular weight excluding hydrogens is 338 g/mol. The zero-order chi connectivity index (χ0) is 18.7. The van der Waals surface area contributed by atoms with Gasteiger partial charge < -0.3 is 14.4 Å². The van der Waals surface area contributed by atoms with Crippen LogP contribution in [-0.4, -0.2) is 67.1 Å². The molecule has 0 spiro atoms. The standard InChI is InChI=1S/C18H25N3O5/c1-25-16-11-14(15(21(23)24)12-17(16)26-2)18(22)20-9-7-19(8-10-20)13-5-3-4-6-13/h11-13H,3-10H2,1-2H3. The van der Waals surface area contributed by atoms with Crippen molar-refractivity contribution in [2.45, 2.75) is 31.7 Å². The minimum Gasteiger partial charge on any atom is -0.493 e. The smallest absolute Gasteiger partial charge is 0.286 e. The van der Waals surface area contributed by atoms with E-state index in [4.69, 9.17) is 9.47 Å². The van der Waals surface area contributed by atoms with Crippen molar-refractivity contribution in [3.8, 4) is 11.5 Å².